The van der Waals surface area contributed by atoms with E-state index < -0.39 is 0 Å². The molecule has 2 aromatic heterocycles. The number of Topliss-reactive ketones (excluding diaryl/α,β-unsaturated/α-hetero) is 1. The molecule has 0 amide bonds. The summed E-state index contributed by atoms with van der Waals surface area (Å²) in [5.74, 6) is 2.11. The average molecular weight is 487 g/mol. The van der Waals surface area contributed by atoms with Gasteiger partial charge in [-0.1, -0.05) is 55.8 Å². The smallest absolute Gasteiger partial charge is 0.228 e. The number of aromatic nitrogens is 4. The zero-order valence-corrected chi connectivity index (χ0v) is 20.1. The van der Waals surface area contributed by atoms with Crippen LogP contribution in [0.5, 0.6) is 11.6 Å². The van der Waals surface area contributed by atoms with E-state index in [0.29, 0.717) is 52.3 Å². The van der Waals surface area contributed by atoms with Crippen molar-refractivity contribution in [2.24, 2.45) is 5.41 Å². The molecule has 0 saturated heterocycles. The first kappa shape index (κ1) is 21.8. The lowest BCUT2D eigenvalue weighted by Crippen LogP contribution is -2.33. The van der Waals surface area contributed by atoms with Gasteiger partial charge in [-0.2, -0.15) is 0 Å². The Kier molecular flexibility index (Phi) is 5.11. The minimum Gasteiger partial charge on any atom is -0.486 e. The molecule has 6 rings (SSSR count). The number of carbonyl (C=O) groups is 1. The van der Waals surface area contributed by atoms with Gasteiger partial charge in [0.2, 0.25) is 5.88 Å². The SMILES string of the molecule is CC1(C)CC(=O)C2=C(C1)Oc1ncn3nc(COc4ccc(Cl)cc4)nc3c1[C@@H]2c1ccccc1. The van der Waals surface area contributed by atoms with E-state index in [1.807, 2.05) is 30.3 Å². The molecule has 3 heterocycles. The molecular formula is C27H23ClN4O3. The minimum atomic E-state index is -0.330. The van der Waals surface area contributed by atoms with Gasteiger partial charge >= 0.3 is 0 Å². The Balaban J connectivity index is 1.45. The van der Waals surface area contributed by atoms with Gasteiger partial charge < -0.3 is 9.47 Å². The zero-order valence-electron chi connectivity index (χ0n) is 19.4. The van der Waals surface area contributed by atoms with Crippen molar-refractivity contribution in [1.82, 2.24) is 19.6 Å². The largest absolute Gasteiger partial charge is 0.486 e. The van der Waals surface area contributed by atoms with Gasteiger partial charge in [-0.25, -0.2) is 14.5 Å². The molecule has 7 nitrogen and oxygen atoms in total. The Labute approximate surface area is 207 Å². The lowest BCUT2D eigenvalue weighted by molar-refractivity contribution is -0.118. The van der Waals surface area contributed by atoms with Crippen molar-refractivity contribution < 1.29 is 14.3 Å². The highest BCUT2D eigenvalue weighted by Crippen LogP contribution is 2.50. The second kappa shape index (κ2) is 8.20. The maximum atomic E-state index is 13.4. The van der Waals surface area contributed by atoms with Crippen molar-refractivity contribution in [3.05, 3.63) is 94.2 Å². The third-order valence-electron chi connectivity index (χ3n) is 6.42. The molecule has 1 aliphatic carbocycles. The first-order valence-corrected chi connectivity index (χ1v) is 11.9. The summed E-state index contributed by atoms with van der Waals surface area (Å²) >= 11 is 5.96. The zero-order chi connectivity index (χ0) is 24.2. The number of carbonyl (C=O) groups excluding carboxylic acids is 1. The molecule has 176 valence electrons. The predicted octanol–water partition coefficient (Wildman–Crippen LogP) is 5.52. The summed E-state index contributed by atoms with van der Waals surface area (Å²) in [6.45, 7) is 4.36. The van der Waals surface area contributed by atoms with Gasteiger partial charge in [0, 0.05) is 29.4 Å². The molecule has 0 unspecified atom stereocenters. The van der Waals surface area contributed by atoms with Gasteiger partial charge in [0.05, 0.1) is 5.56 Å². The van der Waals surface area contributed by atoms with E-state index in [0.717, 1.165) is 11.1 Å². The van der Waals surface area contributed by atoms with Crippen LogP contribution in [-0.2, 0) is 11.4 Å². The van der Waals surface area contributed by atoms with E-state index >= 15 is 0 Å². The highest BCUT2D eigenvalue weighted by molar-refractivity contribution is 6.30. The number of hydrogen-bond acceptors (Lipinski definition) is 6. The number of ether oxygens (including phenoxy) is 2. The standard InChI is InChI=1S/C27H23ClN4O3/c1-27(2)12-19(33)23-20(13-27)35-26-24(22(23)16-6-4-3-5-7-16)25-30-21(31-32(25)15-29-26)14-34-18-10-8-17(28)9-11-18/h3-11,15,22H,12-14H2,1-2H3/t22-/m1/s1. The van der Waals surface area contributed by atoms with Gasteiger partial charge in [-0.05, 0) is 35.2 Å². The number of ketones is 1. The van der Waals surface area contributed by atoms with Crippen LogP contribution in [0.25, 0.3) is 5.65 Å². The molecule has 0 bridgehead atoms. The normalized spacial score (nSPS) is 18.7. The number of allylic oxidation sites excluding steroid dienone is 2. The Hall–Kier alpha value is -3.71. The van der Waals surface area contributed by atoms with Crippen LogP contribution in [0.1, 0.15) is 49.6 Å². The van der Waals surface area contributed by atoms with E-state index in [4.69, 9.17) is 26.1 Å². The van der Waals surface area contributed by atoms with Crippen LogP contribution >= 0.6 is 11.6 Å². The fourth-order valence-electron chi connectivity index (χ4n) is 4.91. The quantitative estimate of drug-likeness (QED) is 0.377. The highest BCUT2D eigenvalue weighted by atomic mass is 35.5. The van der Waals surface area contributed by atoms with Gasteiger partial charge in [0.1, 0.15) is 24.4 Å². The summed E-state index contributed by atoms with van der Waals surface area (Å²) in [5, 5.41) is 5.20. The summed E-state index contributed by atoms with van der Waals surface area (Å²) in [7, 11) is 0. The molecule has 0 saturated carbocycles. The fourth-order valence-corrected chi connectivity index (χ4v) is 5.03. The first-order valence-electron chi connectivity index (χ1n) is 11.5. The number of halogens is 1. The van der Waals surface area contributed by atoms with E-state index in [2.05, 4.69) is 23.9 Å². The maximum Gasteiger partial charge on any atom is 0.228 e. The number of fused-ring (bicyclic) bond motifs is 3. The molecule has 0 fully saturated rings. The molecule has 8 heteroatoms. The lowest BCUT2D eigenvalue weighted by Gasteiger charge is -2.37. The maximum absolute atomic E-state index is 13.4. The van der Waals surface area contributed by atoms with Gasteiger partial charge in [-0.15, -0.1) is 5.10 Å². The first-order chi connectivity index (χ1) is 16.9. The van der Waals surface area contributed by atoms with Crippen molar-refractivity contribution in [3.63, 3.8) is 0 Å². The lowest BCUT2D eigenvalue weighted by atomic mass is 9.70. The third kappa shape index (κ3) is 3.96. The second-order valence-corrected chi connectivity index (χ2v) is 10.2. The number of rotatable bonds is 4. The summed E-state index contributed by atoms with van der Waals surface area (Å²) < 4.78 is 13.7. The average Bonchev–Trinajstić information content (AvgIpc) is 3.25. The van der Waals surface area contributed by atoms with Crippen molar-refractivity contribution in [2.45, 2.75) is 39.2 Å². The summed E-state index contributed by atoms with van der Waals surface area (Å²) in [6.07, 6.45) is 2.74. The molecule has 4 aromatic rings. The van der Waals surface area contributed by atoms with Gasteiger partial charge in [0.15, 0.2) is 17.3 Å². The Morgan fingerprint density at radius 3 is 2.66 bits per heavy atom. The Morgan fingerprint density at radius 1 is 1.11 bits per heavy atom. The van der Waals surface area contributed by atoms with Crippen LogP contribution in [0.3, 0.4) is 0 Å². The molecule has 0 radical (unpaired) electrons. The van der Waals surface area contributed by atoms with Gasteiger partial charge in [0.25, 0.3) is 0 Å². The highest BCUT2D eigenvalue weighted by Gasteiger charge is 2.43. The van der Waals surface area contributed by atoms with Crippen molar-refractivity contribution in [2.75, 3.05) is 0 Å². The van der Waals surface area contributed by atoms with Crippen molar-refractivity contribution >= 4 is 23.0 Å². The molecule has 35 heavy (non-hydrogen) atoms. The number of benzene rings is 2. The van der Waals surface area contributed by atoms with Crippen LogP contribution in [0, 0.1) is 5.41 Å². The van der Waals surface area contributed by atoms with Crippen LogP contribution in [-0.4, -0.2) is 25.4 Å². The number of hydrogen-bond donors (Lipinski definition) is 0. The molecule has 2 aromatic carbocycles. The summed E-state index contributed by atoms with van der Waals surface area (Å²) in [6, 6.07) is 17.1. The van der Waals surface area contributed by atoms with Gasteiger partial charge in [-0.3, -0.25) is 4.79 Å². The second-order valence-electron chi connectivity index (χ2n) is 9.73. The number of nitrogens with zero attached hydrogens (tertiary/aromatic N) is 4. The van der Waals surface area contributed by atoms with E-state index in [9.17, 15) is 4.79 Å². The van der Waals surface area contributed by atoms with Crippen LogP contribution < -0.4 is 9.47 Å². The molecule has 1 aliphatic heterocycles. The minimum absolute atomic E-state index is 0.101. The third-order valence-corrected chi connectivity index (χ3v) is 6.67. The molecule has 2 aliphatic rings. The molecular weight excluding hydrogens is 464 g/mol. The topological polar surface area (TPSA) is 78.6 Å². The predicted molar refractivity (Wildman–Crippen MR) is 131 cm³/mol. The summed E-state index contributed by atoms with van der Waals surface area (Å²) in [5.41, 5.74) is 2.87. The molecule has 1 atom stereocenters. The van der Waals surface area contributed by atoms with E-state index in [1.165, 1.54) is 0 Å². The monoisotopic (exact) mass is 486 g/mol. The van der Waals surface area contributed by atoms with Crippen LogP contribution in [0.4, 0.5) is 0 Å². The van der Waals surface area contributed by atoms with Crippen LogP contribution in [0.15, 0.2) is 72.3 Å². The fraction of sp³-hybridized carbons (Fsp3) is 0.259. The van der Waals surface area contributed by atoms with Crippen LogP contribution in [0.2, 0.25) is 5.02 Å². The van der Waals surface area contributed by atoms with Crippen molar-refractivity contribution in [3.8, 4) is 11.6 Å². The molecule has 0 N–H and O–H groups in total. The Bertz CT molecular complexity index is 1480. The van der Waals surface area contributed by atoms with E-state index in [-0.39, 0.29) is 23.7 Å². The Morgan fingerprint density at radius 2 is 1.89 bits per heavy atom. The molecule has 0 spiro atoms. The summed E-state index contributed by atoms with van der Waals surface area (Å²) in [4.78, 5) is 22.8. The van der Waals surface area contributed by atoms with Crippen molar-refractivity contribution in [1.29, 1.82) is 0 Å². The van der Waals surface area contributed by atoms with E-state index in [1.54, 1.807) is 35.1 Å².